The third kappa shape index (κ3) is 3.82. The zero-order chi connectivity index (χ0) is 13.0. The Morgan fingerprint density at radius 2 is 1.83 bits per heavy atom. The number of hydrogen-bond donors (Lipinski definition) is 2. The summed E-state index contributed by atoms with van der Waals surface area (Å²) in [4.78, 5) is 0. The molecule has 2 heteroatoms. The zero-order valence-corrected chi connectivity index (χ0v) is 11.5. The highest BCUT2D eigenvalue weighted by Crippen LogP contribution is 2.35. The second-order valence-corrected chi connectivity index (χ2v) is 6.27. The minimum Gasteiger partial charge on any atom is -0.387 e. The summed E-state index contributed by atoms with van der Waals surface area (Å²) in [7, 11) is 0. The molecule has 1 aromatic rings. The molecule has 1 atom stereocenters. The summed E-state index contributed by atoms with van der Waals surface area (Å²) in [6.45, 7) is 5.36. The molecule has 0 heterocycles. The molecule has 0 spiro atoms. The Balaban J connectivity index is 1.76. The predicted molar refractivity (Wildman–Crippen MR) is 75.4 cm³/mol. The number of nitrogens with one attached hydrogen (secondary N) is 1. The molecule has 1 saturated carbocycles. The minimum absolute atomic E-state index is 0.388. The normalized spacial score (nSPS) is 21.7. The van der Waals surface area contributed by atoms with Crippen molar-refractivity contribution in [2.24, 2.45) is 5.41 Å². The van der Waals surface area contributed by atoms with E-state index >= 15 is 0 Å². The molecular weight excluding hydrogens is 222 g/mol. The summed E-state index contributed by atoms with van der Waals surface area (Å²) in [5.74, 6) is 0. The zero-order valence-electron chi connectivity index (χ0n) is 11.5. The molecule has 2 N–H and O–H groups in total. The van der Waals surface area contributed by atoms with Crippen LogP contribution in [0.25, 0.3) is 0 Å². The summed E-state index contributed by atoms with van der Waals surface area (Å²) in [5.41, 5.74) is 1.51. The van der Waals surface area contributed by atoms with Crippen LogP contribution >= 0.6 is 0 Å². The largest absolute Gasteiger partial charge is 0.387 e. The first-order valence-corrected chi connectivity index (χ1v) is 7.03. The van der Waals surface area contributed by atoms with Crippen molar-refractivity contribution in [2.45, 2.75) is 51.7 Å². The third-order valence-corrected chi connectivity index (χ3v) is 4.12. The van der Waals surface area contributed by atoms with Crippen LogP contribution in [0.3, 0.4) is 0 Å². The number of rotatable bonds is 4. The second kappa shape index (κ2) is 5.85. The van der Waals surface area contributed by atoms with E-state index in [4.69, 9.17) is 0 Å². The molecule has 0 radical (unpaired) electrons. The van der Waals surface area contributed by atoms with Crippen molar-refractivity contribution in [3.05, 3.63) is 35.9 Å². The minimum atomic E-state index is -0.388. The SMILES string of the molecule is CC1(C)CCC(NCC(O)c2ccccc2)CC1. The van der Waals surface area contributed by atoms with Gasteiger partial charge in [-0.2, -0.15) is 0 Å². The van der Waals surface area contributed by atoms with Gasteiger partial charge in [-0.1, -0.05) is 44.2 Å². The van der Waals surface area contributed by atoms with E-state index in [1.165, 1.54) is 25.7 Å². The predicted octanol–water partition coefficient (Wildman–Crippen LogP) is 3.28. The summed E-state index contributed by atoms with van der Waals surface area (Å²) in [6.07, 6.45) is 4.64. The van der Waals surface area contributed by atoms with Gasteiger partial charge in [0.25, 0.3) is 0 Å². The molecule has 1 aliphatic rings. The van der Waals surface area contributed by atoms with Crippen molar-refractivity contribution in [1.29, 1.82) is 0 Å². The first-order valence-electron chi connectivity index (χ1n) is 7.03. The van der Waals surface area contributed by atoms with Crippen LogP contribution in [-0.4, -0.2) is 17.7 Å². The van der Waals surface area contributed by atoms with Crippen molar-refractivity contribution in [3.8, 4) is 0 Å². The van der Waals surface area contributed by atoms with Crippen molar-refractivity contribution < 1.29 is 5.11 Å². The Labute approximate surface area is 110 Å². The number of benzene rings is 1. The van der Waals surface area contributed by atoms with Crippen LogP contribution < -0.4 is 5.32 Å². The van der Waals surface area contributed by atoms with E-state index in [0.29, 0.717) is 18.0 Å². The van der Waals surface area contributed by atoms with E-state index in [0.717, 1.165) is 5.56 Å². The maximum atomic E-state index is 10.1. The van der Waals surface area contributed by atoms with Crippen molar-refractivity contribution in [3.63, 3.8) is 0 Å². The molecular formula is C16H25NO. The van der Waals surface area contributed by atoms with E-state index in [1.54, 1.807) is 0 Å². The maximum absolute atomic E-state index is 10.1. The lowest BCUT2D eigenvalue weighted by Crippen LogP contribution is -2.37. The average Bonchev–Trinajstić information content (AvgIpc) is 2.38. The van der Waals surface area contributed by atoms with E-state index in [-0.39, 0.29) is 6.10 Å². The topological polar surface area (TPSA) is 32.3 Å². The number of aliphatic hydroxyl groups is 1. The van der Waals surface area contributed by atoms with Crippen LogP contribution in [0.1, 0.15) is 51.2 Å². The van der Waals surface area contributed by atoms with Crippen LogP contribution in [0.5, 0.6) is 0 Å². The smallest absolute Gasteiger partial charge is 0.0914 e. The highest BCUT2D eigenvalue weighted by molar-refractivity contribution is 5.17. The fourth-order valence-corrected chi connectivity index (χ4v) is 2.67. The molecule has 0 aromatic heterocycles. The van der Waals surface area contributed by atoms with Crippen LogP contribution in [-0.2, 0) is 0 Å². The highest BCUT2D eigenvalue weighted by atomic mass is 16.3. The molecule has 0 aliphatic heterocycles. The van der Waals surface area contributed by atoms with Crippen LogP contribution in [0, 0.1) is 5.41 Å². The highest BCUT2D eigenvalue weighted by Gasteiger charge is 2.26. The molecule has 2 rings (SSSR count). The lowest BCUT2D eigenvalue weighted by molar-refractivity contribution is 0.152. The molecule has 1 aliphatic carbocycles. The third-order valence-electron chi connectivity index (χ3n) is 4.12. The van der Waals surface area contributed by atoms with Gasteiger partial charge in [0, 0.05) is 12.6 Å². The number of aliphatic hydroxyl groups excluding tert-OH is 1. The van der Waals surface area contributed by atoms with Gasteiger partial charge >= 0.3 is 0 Å². The monoisotopic (exact) mass is 247 g/mol. The van der Waals surface area contributed by atoms with Crippen molar-refractivity contribution >= 4 is 0 Å². The molecule has 1 fully saturated rings. The van der Waals surface area contributed by atoms with Crippen LogP contribution in [0.15, 0.2) is 30.3 Å². The second-order valence-electron chi connectivity index (χ2n) is 6.27. The van der Waals surface area contributed by atoms with Crippen LogP contribution in [0.2, 0.25) is 0 Å². The Bertz CT molecular complexity index is 351. The van der Waals surface area contributed by atoms with Gasteiger partial charge < -0.3 is 10.4 Å². The Morgan fingerprint density at radius 3 is 2.44 bits per heavy atom. The van der Waals surface area contributed by atoms with E-state index in [9.17, 15) is 5.11 Å². The lowest BCUT2D eigenvalue weighted by Gasteiger charge is -2.35. The van der Waals surface area contributed by atoms with Gasteiger partial charge in [-0.15, -0.1) is 0 Å². The van der Waals surface area contributed by atoms with E-state index in [2.05, 4.69) is 19.2 Å². The summed E-state index contributed by atoms with van der Waals surface area (Å²) in [5, 5.41) is 13.6. The van der Waals surface area contributed by atoms with Gasteiger partial charge in [-0.25, -0.2) is 0 Å². The van der Waals surface area contributed by atoms with Gasteiger partial charge in [0.15, 0.2) is 0 Å². The molecule has 0 bridgehead atoms. The van der Waals surface area contributed by atoms with Gasteiger partial charge in [0.1, 0.15) is 0 Å². The molecule has 18 heavy (non-hydrogen) atoms. The molecule has 1 unspecified atom stereocenters. The van der Waals surface area contributed by atoms with E-state index in [1.807, 2.05) is 30.3 Å². The maximum Gasteiger partial charge on any atom is 0.0914 e. The van der Waals surface area contributed by atoms with Crippen molar-refractivity contribution in [1.82, 2.24) is 5.32 Å². The fourth-order valence-electron chi connectivity index (χ4n) is 2.67. The Morgan fingerprint density at radius 1 is 1.22 bits per heavy atom. The standard InChI is InChI=1S/C16H25NO/c1-16(2)10-8-14(9-11-16)17-12-15(18)13-6-4-3-5-7-13/h3-7,14-15,17-18H,8-12H2,1-2H3. The van der Waals surface area contributed by atoms with Gasteiger partial charge in [-0.3, -0.25) is 0 Å². The molecule has 0 amide bonds. The molecule has 0 saturated heterocycles. The Hall–Kier alpha value is -0.860. The number of hydrogen-bond acceptors (Lipinski definition) is 2. The Kier molecular flexibility index (Phi) is 4.41. The first-order chi connectivity index (χ1) is 8.57. The van der Waals surface area contributed by atoms with Crippen LogP contribution in [0.4, 0.5) is 0 Å². The summed E-state index contributed by atoms with van der Waals surface area (Å²) >= 11 is 0. The summed E-state index contributed by atoms with van der Waals surface area (Å²) < 4.78 is 0. The molecule has 1 aromatic carbocycles. The molecule has 100 valence electrons. The quantitative estimate of drug-likeness (QED) is 0.856. The van der Waals surface area contributed by atoms with E-state index < -0.39 is 0 Å². The van der Waals surface area contributed by atoms with Gasteiger partial charge in [0.05, 0.1) is 6.10 Å². The van der Waals surface area contributed by atoms with Crippen molar-refractivity contribution in [2.75, 3.05) is 6.54 Å². The average molecular weight is 247 g/mol. The summed E-state index contributed by atoms with van der Waals surface area (Å²) in [6, 6.07) is 10.5. The van der Waals surface area contributed by atoms with Gasteiger partial charge in [-0.05, 0) is 36.7 Å². The van der Waals surface area contributed by atoms with Gasteiger partial charge in [0.2, 0.25) is 0 Å². The lowest BCUT2D eigenvalue weighted by atomic mass is 9.75. The molecule has 2 nitrogen and oxygen atoms in total. The first kappa shape index (κ1) is 13.6. The fraction of sp³-hybridized carbons (Fsp3) is 0.625.